The van der Waals surface area contributed by atoms with E-state index in [4.69, 9.17) is 14.2 Å². The van der Waals surface area contributed by atoms with Crippen molar-refractivity contribution in [3.63, 3.8) is 0 Å². The third kappa shape index (κ3) is 3.45. The van der Waals surface area contributed by atoms with Gasteiger partial charge in [0.2, 0.25) is 5.91 Å². The minimum atomic E-state index is -0.0465. The first-order valence-corrected chi connectivity index (χ1v) is 9.87. The van der Waals surface area contributed by atoms with Gasteiger partial charge < -0.3 is 19.5 Å². The van der Waals surface area contributed by atoms with E-state index in [9.17, 15) is 4.79 Å². The van der Waals surface area contributed by atoms with Crippen molar-refractivity contribution in [2.75, 3.05) is 44.8 Å². The molecule has 0 aliphatic carbocycles. The molecule has 1 N–H and O–H groups in total. The Morgan fingerprint density at radius 3 is 2.86 bits per heavy atom. The normalized spacial score (nSPS) is 23.4. The van der Waals surface area contributed by atoms with Crippen LogP contribution in [0.4, 0.5) is 5.69 Å². The van der Waals surface area contributed by atoms with Gasteiger partial charge in [-0.1, -0.05) is 18.2 Å². The minimum absolute atomic E-state index is 0.00923. The highest BCUT2D eigenvalue weighted by Crippen LogP contribution is 2.45. The van der Waals surface area contributed by atoms with Crippen molar-refractivity contribution < 1.29 is 19.0 Å². The highest BCUT2D eigenvalue weighted by atomic mass is 16.5. The number of nitrogens with one attached hydrogen (secondary N) is 1. The number of benzene rings is 2. The van der Waals surface area contributed by atoms with Crippen molar-refractivity contribution in [3.05, 3.63) is 53.6 Å². The summed E-state index contributed by atoms with van der Waals surface area (Å²) in [5.74, 6) is 2.05. The van der Waals surface area contributed by atoms with Crippen molar-refractivity contribution in [2.45, 2.75) is 12.5 Å². The molecule has 1 amide bonds. The fourth-order valence-electron chi connectivity index (χ4n) is 4.21. The first kappa shape index (κ1) is 17.5. The van der Waals surface area contributed by atoms with Crippen LogP contribution in [0.25, 0.3) is 0 Å². The van der Waals surface area contributed by atoms with Crippen LogP contribution in [0, 0.1) is 5.92 Å². The van der Waals surface area contributed by atoms with E-state index in [1.54, 1.807) is 0 Å². The second kappa shape index (κ2) is 7.45. The zero-order valence-corrected chi connectivity index (χ0v) is 15.7. The number of anilines is 1. The number of rotatable bonds is 3. The van der Waals surface area contributed by atoms with E-state index in [0.29, 0.717) is 26.4 Å². The number of nitrogens with zero attached hydrogens (tertiary/aromatic N) is 1. The molecular weight excluding hydrogens is 356 g/mol. The van der Waals surface area contributed by atoms with Crippen LogP contribution in [-0.2, 0) is 16.0 Å². The lowest BCUT2D eigenvalue weighted by molar-refractivity contribution is -0.118. The molecule has 6 heteroatoms. The summed E-state index contributed by atoms with van der Waals surface area (Å²) in [5.41, 5.74) is 3.02. The molecule has 1 saturated heterocycles. The minimum Gasteiger partial charge on any atom is -0.493 e. The smallest absolute Gasteiger partial charge is 0.238 e. The number of morpholine rings is 1. The highest BCUT2D eigenvalue weighted by molar-refractivity contribution is 5.92. The van der Waals surface area contributed by atoms with Crippen molar-refractivity contribution in [2.24, 2.45) is 5.92 Å². The maximum absolute atomic E-state index is 12.4. The Labute approximate surface area is 164 Å². The summed E-state index contributed by atoms with van der Waals surface area (Å²) in [5, 5.41) is 3.02. The van der Waals surface area contributed by atoms with Gasteiger partial charge in [0.1, 0.15) is 17.6 Å². The average Bonchev–Trinajstić information content (AvgIpc) is 2.73. The zero-order chi connectivity index (χ0) is 18.9. The number of hydrogen-bond acceptors (Lipinski definition) is 5. The van der Waals surface area contributed by atoms with Gasteiger partial charge in [0.15, 0.2) is 0 Å². The molecule has 3 aliphatic rings. The third-order valence-electron chi connectivity index (χ3n) is 5.66. The average molecular weight is 380 g/mol. The molecular formula is C22H24N2O4. The van der Waals surface area contributed by atoms with Crippen molar-refractivity contribution in [1.82, 2.24) is 4.90 Å². The summed E-state index contributed by atoms with van der Waals surface area (Å²) < 4.78 is 17.6. The van der Waals surface area contributed by atoms with Crippen LogP contribution >= 0.6 is 0 Å². The first-order valence-electron chi connectivity index (χ1n) is 9.87. The monoisotopic (exact) mass is 380 g/mol. The second-order valence-corrected chi connectivity index (χ2v) is 7.61. The fourth-order valence-corrected chi connectivity index (χ4v) is 4.21. The van der Waals surface area contributed by atoms with Crippen molar-refractivity contribution in [3.8, 4) is 11.5 Å². The van der Waals surface area contributed by atoms with Crippen molar-refractivity contribution >= 4 is 11.6 Å². The van der Waals surface area contributed by atoms with Gasteiger partial charge >= 0.3 is 0 Å². The molecule has 2 atom stereocenters. The van der Waals surface area contributed by atoms with Gasteiger partial charge in [-0.05, 0) is 36.2 Å². The van der Waals surface area contributed by atoms with E-state index in [2.05, 4.69) is 16.3 Å². The maximum Gasteiger partial charge on any atom is 0.238 e. The van der Waals surface area contributed by atoms with Gasteiger partial charge in [0.05, 0.1) is 26.4 Å². The summed E-state index contributed by atoms with van der Waals surface area (Å²) in [6.45, 7) is 3.99. The number of fused-ring (bicyclic) bond motifs is 4. The summed E-state index contributed by atoms with van der Waals surface area (Å²) in [6, 6.07) is 14.0. The molecule has 0 unspecified atom stereocenters. The van der Waals surface area contributed by atoms with Crippen LogP contribution in [0.3, 0.4) is 0 Å². The van der Waals surface area contributed by atoms with Gasteiger partial charge in [-0.15, -0.1) is 0 Å². The van der Waals surface area contributed by atoms with Crippen LogP contribution in [0.1, 0.15) is 17.2 Å². The number of hydrogen-bond donors (Lipinski definition) is 1. The molecule has 6 nitrogen and oxygen atoms in total. The quantitative estimate of drug-likeness (QED) is 0.887. The third-order valence-corrected chi connectivity index (χ3v) is 5.66. The molecule has 2 aromatic carbocycles. The Morgan fingerprint density at radius 1 is 1.11 bits per heavy atom. The van der Waals surface area contributed by atoms with Crippen LogP contribution in [0.5, 0.6) is 11.5 Å². The predicted octanol–water partition coefficient (Wildman–Crippen LogP) is 2.64. The van der Waals surface area contributed by atoms with Gasteiger partial charge in [0.25, 0.3) is 0 Å². The maximum atomic E-state index is 12.4. The molecule has 3 aliphatic heterocycles. The van der Waals surface area contributed by atoms with E-state index in [1.165, 1.54) is 5.56 Å². The summed E-state index contributed by atoms with van der Waals surface area (Å²) in [7, 11) is 0. The van der Waals surface area contributed by atoms with Crippen molar-refractivity contribution in [1.29, 1.82) is 0 Å². The summed E-state index contributed by atoms with van der Waals surface area (Å²) >= 11 is 0. The Balaban J connectivity index is 1.33. The van der Waals surface area contributed by atoms with Gasteiger partial charge in [-0.3, -0.25) is 9.69 Å². The molecule has 0 spiro atoms. The number of para-hydroxylation sites is 1. The van der Waals surface area contributed by atoms with E-state index < -0.39 is 0 Å². The SMILES string of the molecule is O=C(CN1CCOCC1)Nc1ccc2c(c1)[C@H]1Oc3ccccc3C[C@@H]1CO2. The predicted molar refractivity (Wildman–Crippen MR) is 105 cm³/mol. The van der Waals surface area contributed by atoms with E-state index >= 15 is 0 Å². The molecule has 0 aromatic heterocycles. The number of amides is 1. The number of ether oxygens (including phenoxy) is 3. The van der Waals surface area contributed by atoms with E-state index in [0.717, 1.165) is 42.3 Å². The topological polar surface area (TPSA) is 60.0 Å². The standard InChI is InChI=1S/C22H24N2O4/c25-21(13-24-7-9-26-10-8-24)23-17-5-6-20-18(12-17)22-16(14-27-20)11-15-3-1-2-4-19(15)28-22/h1-6,12,16,22H,7-11,13-14H2,(H,23,25)/t16-,22+/m1/s1. The molecule has 0 bridgehead atoms. The second-order valence-electron chi connectivity index (χ2n) is 7.61. The summed E-state index contributed by atoms with van der Waals surface area (Å²) in [4.78, 5) is 14.5. The molecule has 146 valence electrons. The molecule has 1 fully saturated rings. The van der Waals surface area contributed by atoms with Gasteiger partial charge in [-0.2, -0.15) is 0 Å². The van der Waals surface area contributed by atoms with Crippen LogP contribution < -0.4 is 14.8 Å². The molecule has 5 rings (SSSR count). The van der Waals surface area contributed by atoms with Gasteiger partial charge in [0, 0.05) is 30.3 Å². The highest BCUT2D eigenvalue weighted by Gasteiger charge is 2.37. The molecule has 0 saturated carbocycles. The Kier molecular flexibility index (Phi) is 4.66. The lowest BCUT2D eigenvalue weighted by Crippen LogP contribution is -2.41. The molecule has 2 aromatic rings. The molecule has 3 heterocycles. The van der Waals surface area contributed by atoms with Crippen LogP contribution in [-0.4, -0.2) is 50.3 Å². The summed E-state index contributed by atoms with van der Waals surface area (Å²) in [6.07, 6.45) is 0.892. The number of carbonyl (C=O) groups is 1. The number of carbonyl (C=O) groups excluding carboxylic acids is 1. The largest absolute Gasteiger partial charge is 0.493 e. The van der Waals surface area contributed by atoms with Gasteiger partial charge in [-0.25, -0.2) is 0 Å². The Morgan fingerprint density at radius 2 is 1.96 bits per heavy atom. The molecule has 0 radical (unpaired) electrons. The Bertz CT molecular complexity index is 879. The zero-order valence-electron chi connectivity index (χ0n) is 15.7. The van der Waals surface area contributed by atoms with E-state index in [-0.39, 0.29) is 17.9 Å². The Hall–Kier alpha value is -2.57. The molecule has 28 heavy (non-hydrogen) atoms. The van der Waals surface area contributed by atoms with E-state index in [1.807, 2.05) is 36.4 Å². The van der Waals surface area contributed by atoms with Crippen LogP contribution in [0.2, 0.25) is 0 Å². The lowest BCUT2D eigenvalue weighted by atomic mass is 9.85. The fraction of sp³-hybridized carbons (Fsp3) is 0.409. The lowest BCUT2D eigenvalue weighted by Gasteiger charge is -2.38. The first-order chi connectivity index (χ1) is 13.8. The van der Waals surface area contributed by atoms with Crippen LogP contribution in [0.15, 0.2) is 42.5 Å².